The highest BCUT2D eigenvalue weighted by molar-refractivity contribution is 5.63. The number of nitrogens with zero attached hydrogens (tertiary/aromatic N) is 2. The molecule has 0 aromatic heterocycles. The van der Waals surface area contributed by atoms with E-state index in [-0.39, 0.29) is 0 Å². The van der Waals surface area contributed by atoms with Gasteiger partial charge in [0.1, 0.15) is 0 Å². The largest absolute Gasteiger partial charge is 0.369 e. The molecule has 1 heterocycles. The summed E-state index contributed by atoms with van der Waals surface area (Å²) in [7, 11) is 2.17. The maximum Gasteiger partial charge on any atom is 0.0367 e. The lowest BCUT2D eigenvalue weighted by atomic mass is 10.1. The van der Waals surface area contributed by atoms with E-state index in [9.17, 15) is 0 Å². The molecule has 0 amide bonds. The van der Waals surface area contributed by atoms with Crippen molar-refractivity contribution in [1.82, 2.24) is 9.80 Å². The lowest BCUT2D eigenvalue weighted by Gasteiger charge is -2.35. The summed E-state index contributed by atoms with van der Waals surface area (Å²) < 4.78 is 0. The minimum Gasteiger partial charge on any atom is -0.369 e. The third-order valence-corrected chi connectivity index (χ3v) is 4.23. The fourth-order valence-electron chi connectivity index (χ4n) is 2.67. The molecule has 0 saturated carbocycles. The van der Waals surface area contributed by atoms with Crippen molar-refractivity contribution in [2.24, 2.45) is 0 Å². The second-order valence-corrected chi connectivity index (χ2v) is 5.93. The van der Waals surface area contributed by atoms with Crippen molar-refractivity contribution in [3.63, 3.8) is 0 Å². The Morgan fingerprint density at radius 2 is 1.39 bits per heavy atom. The van der Waals surface area contributed by atoms with Crippen LogP contribution in [-0.4, -0.2) is 43.0 Å². The maximum absolute atomic E-state index is 4.27. The molecule has 1 aliphatic rings. The van der Waals surface area contributed by atoms with E-state index in [1.165, 1.54) is 5.56 Å². The molecule has 0 spiro atoms. The first-order valence-electron chi connectivity index (χ1n) is 8.02. The Kier molecular flexibility index (Phi) is 4.80. The Hall–Kier alpha value is -2.50. The smallest absolute Gasteiger partial charge is 0.0367 e. The molecule has 0 radical (unpaired) electrons. The summed E-state index contributed by atoms with van der Waals surface area (Å²) in [6, 6.07) is 18.5. The summed E-state index contributed by atoms with van der Waals surface area (Å²) in [5.41, 5.74) is 4.36. The van der Waals surface area contributed by atoms with Crippen molar-refractivity contribution >= 4 is 5.70 Å². The Bertz CT molecular complexity index is 712. The van der Waals surface area contributed by atoms with Crippen LogP contribution in [0, 0.1) is 11.8 Å². The van der Waals surface area contributed by atoms with Gasteiger partial charge in [-0.2, -0.15) is 0 Å². The molecule has 2 aromatic carbocycles. The van der Waals surface area contributed by atoms with Crippen LogP contribution in [0.2, 0.25) is 0 Å². The molecule has 1 fully saturated rings. The van der Waals surface area contributed by atoms with Gasteiger partial charge in [0.15, 0.2) is 0 Å². The standard InChI is InChI=1S/C21H22N2/c1-18(23-16-14-22(2)15-17-23)21-12-10-20(11-13-21)9-8-19-6-4-3-5-7-19/h3-7,10-13H,1,14-17H2,2H3. The minimum atomic E-state index is 1.03. The molecule has 2 aromatic rings. The van der Waals surface area contributed by atoms with Gasteiger partial charge in [0.25, 0.3) is 0 Å². The molecule has 0 unspecified atom stereocenters. The van der Waals surface area contributed by atoms with Gasteiger partial charge in [-0.3, -0.25) is 0 Å². The minimum absolute atomic E-state index is 1.03. The first-order valence-corrected chi connectivity index (χ1v) is 8.02. The van der Waals surface area contributed by atoms with Crippen molar-refractivity contribution in [3.05, 3.63) is 77.9 Å². The van der Waals surface area contributed by atoms with Crippen molar-refractivity contribution in [1.29, 1.82) is 0 Å². The third-order valence-electron chi connectivity index (χ3n) is 4.23. The second kappa shape index (κ2) is 7.17. The van der Waals surface area contributed by atoms with E-state index in [4.69, 9.17) is 0 Å². The zero-order valence-electron chi connectivity index (χ0n) is 13.6. The lowest BCUT2D eigenvalue weighted by molar-refractivity contribution is 0.207. The first kappa shape index (κ1) is 15.4. The monoisotopic (exact) mass is 302 g/mol. The number of hydrogen-bond acceptors (Lipinski definition) is 2. The molecule has 0 bridgehead atoms. The van der Waals surface area contributed by atoms with Gasteiger partial charge in [-0.1, -0.05) is 48.8 Å². The van der Waals surface area contributed by atoms with Crippen LogP contribution in [0.5, 0.6) is 0 Å². The summed E-state index contributed by atoms with van der Waals surface area (Å²) in [5, 5.41) is 0. The van der Waals surface area contributed by atoms with E-state index in [2.05, 4.69) is 59.5 Å². The zero-order chi connectivity index (χ0) is 16.1. The fourth-order valence-corrected chi connectivity index (χ4v) is 2.67. The molecule has 1 aliphatic heterocycles. The number of hydrogen-bond donors (Lipinski definition) is 0. The van der Waals surface area contributed by atoms with Gasteiger partial charge in [-0.25, -0.2) is 0 Å². The van der Waals surface area contributed by atoms with Crippen molar-refractivity contribution in [2.75, 3.05) is 33.2 Å². The van der Waals surface area contributed by atoms with Gasteiger partial charge in [-0.15, -0.1) is 0 Å². The van der Waals surface area contributed by atoms with E-state index < -0.39 is 0 Å². The molecule has 3 rings (SSSR count). The quantitative estimate of drug-likeness (QED) is 0.785. The SMILES string of the molecule is C=C(c1ccc(C#Cc2ccccc2)cc1)N1CCN(C)CC1. The fraction of sp³-hybridized carbons (Fsp3) is 0.238. The van der Waals surface area contributed by atoms with Crippen LogP contribution in [0.25, 0.3) is 5.70 Å². The van der Waals surface area contributed by atoms with Gasteiger partial charge in [0.2, 0.25) is 0 Å². The van der Waals surface area contributed by atoms with Crippen LogP contribution in [0.15, 0.2) is 61.2 Å². The summed E-state index contributed by atoms with van der Waals surface area (Å²) in [6.45, 7) is 8.56. The summed E-state index contributed by atoms with van der Waals surface area (Å²) in [5.74, 6) is 6.40. The molecule has 0 aliphatic carbocycles. The Morgan fingerprint density at radius 1 is 0.826 bits per heavy atom. The summed E-state index contributed by atoms with van der Waals surface area (Å²) in [6.07, 6.45) is 0. The van der Waals surface area contributed by atoms with Gasteiger partial charge < -0.3 is 9.80 Å². The molecule has 0 N–H and O–H groups in total. The third kappa shape index (κ3) is 4.03. The molecule has 23 heavy (non-hydrogen) atoms. The lowest BCUT2D eigenvalue weighted by Crippen LogP contribution is -2.43. The molecular weight excluding hydrogens is 280 g/mol. The van der Waals surface area contributed by atoms with Gasteiger partial charge >= 0.3 is 0 Å². The van der Waals surface area contributed by atoms with Crippen LogP contribution >= 0.6 is 0 Å². The van der Waals surface area contributed by atoms with E-state index >= 15 is 0 Å². The highest BCUT2D eigenvalue weighted by Crippen LogP contribution is 2.19. The summed E-state index contributed by atoms with van der Waals surface area (Å²) >= 11 is 0. The van der Waals surface area contributed by atoms with Gasteiger partial charge in [0, 0.05) is 43.0 Å². The van der Waals surface area contributed by atoms with Crippen LogP contribution in [0.3, 0.4) is 0 Å². The molecule has 2 nitrogen and oxygen atoms in total. The van der Waals surface area contributed by atoms with Crippen LogP contribution in [-0.2, 0) is 0 Å². The number of likely N-dealkylation sites (N-methyl/N-ethyl adjacent to an activating group) is 1. The van der Waals surface area contributed by atoms with Gasteiger partial charge in [-0.05, 0) is 36.9 Å². The average Bonchev–Trinajstić information content (AvgIpc) is 2.61. The number of piperazine rings is 1. The normalized spacial score (nSPS) is 14.9. The Balaban J connectivity index is 1.67. The maximum atomic E-state index is 4.27. The molecule has 116 valence electrons. The van der Waals surface area contributed by atoms with Crippen LogP contribution in [0.4, 0.5) is 0 Å². The van der Waals surface area contributed by atoms with E-state index in [1.807, 2.05) is 30.3 Å². The topological polar surface area (TPSA) is 6.48 Å². The average molecular weight is 302 g/mol. The Morgan fingerprint density at radius 3 is 2.00 bits per heavy atom. The molecular formula is C21H22N2. The highest BCUT2D eigenvalue weighted by atomic mass is 15.2. The molecule has 0 atom stereocenters. The van der Waals surface area contributed by atoms with E-state index in [0.29, 0.717) is 0 Å². The van der Waals surface area contributed by atoms with Crippen LogP contribution < -0.4 is 0 Å². The van der Waals surface area contributed by atoms with Crippen LogP contribution in [0.1, 0.15) is 16.7 Å². The van der Waals surface area contributed by atoms with Gasteiger partial charge in [0.05, 0.1) is 0 Å². The molecule has 2 heteroatoms. The zero-order valence-corrected chi connectivity index (χ0v) is 13.6. The number of benzene rings is 2. The predicted molar refractivity (Wildman–Crippen MR) is 97.0 cm³/mol. The first-order chi connectivity index (χ1) is 11.2. The Labute approximate surface area is 139 Å². The summed E-state index contributed by atoms with van der Waals surface area (Å²) in [4.78, 5) is 4.72. The number of rotatable bonds is 2. The predicted octanol–water partition coefficient (Wildman–Crippen LogP) is 3.30. The van der Waals surface area contributed by atoms with E-state index in [0.717, 1.165) is 43.0 Å². The van der Waals surface area contributed by atoms with E-state index in [1.54, 1.807) is 0 Å². The molecule has 1 saturated heterocycles. The van der Waals surface area contributed by atoms with Crippen molar-refractivity contribution in [2.45, 2.75) is 0 Å². The van der Waals surface area contributed by atoms with Crippen molar-refractivity contribution in [3.8, 4) is 11.8 Å². The van der Waals surface area contributed by atoms with Crippen molar-refractivity contribution < 1.29 is 0 Å². The highest BCUT2D eigenvalue weighted by Gasteiger charge is 2.15. The second-order valence-electron chi connectivity index (χ2n) is 5.93.